The molecular formula is C15H20N4O2. The van der Waals surface area contributed by atoms with Crippen molar-refractivity contribution in [1.29, 1.82) is 0 Å². The molecule has 1 aliphatic carbocycles. The minimum atomic E-state index is -0.937. The number of anilines is 1. The normalized spacial score (nSPS) is 15.8. The van der Waals surface area contributed by atoms with Crippen molar-refractivity contribution >= 4 is 22.7 Å². The van der Waals surface area contributed by atoms with E-state index in [4.69, 9.17) is 0 Å². The Hall–Kier alpha value is -2.11. The van der Waals surface area contributed by atoms with Gasteiger partial charge in [0.1, 0.15) is 5.56 Å². The minimum absolute atomic E-state index is 0.257. The Bertz CT molecular complexity index is 701. The third kappa shape index (κ3) is 2.14. The van der Waals surface area contributed by atoms with E-state index in [2.05, 4.69) is 15.0 Å². The Balaban J connectivity index is 2.25. The van der Waals surface area contributed by atoms with Crippen LogP contribution < -0.4 is 4.90 Å². The van der Waals surface area contributed by atoms with Gasteiger partial charge in [0.2, 0.25) is 0 Å². The lowest BCUT2D eigenvalue weighted by Gasteiger charge is -2.28. The second-order valence-corrected chi connectivity index (χ2v) is 5.78. The highest BCUT2D eigenvalue weighted by atomic mass is 16.4. The van der Waals surface area contributed by atoms with Gasteiger partial charge in [0.15, 0.2) is 5.65 Å². The molecule has 0 saturated heterocycles. The summed E-state index contributed by atoms with van der Waals surface area (Å²) >= 11 is 0. The largest absolute Gasteiger partial charge is 0.478 e. The van der Waals surface area contributed by atoms with E-state index in [0.717, 1.165) is 35.3 Å². The predicted molar refractivity (Wildman–Crippen MR) is 80.9 cm³/mol. The molecule has 1 aliphatic rings. The van der Waals surface area contributed by atoms with E-state index in [9.17, 15) is 9.90 Å². The molecule has 0 unspecified atom stereocenters. The van der Waals surface area contributed by atoms with Gasteiger partial charge >= 0.3 is 5.97 Å². The van der Waals surface area contributed by atoms with Gasteiger partial charge in [0.25, 0.3) is 0 Å². The Labute approximate surface area is 123 Å². The number of rotatable bonds is 3. The zero-order valence-corrected chi connectivity index (χ0v) is 12.6. The zero-order chi connectivity index (χ0) is 15.1. The molecule has 1 N–H and O–H groups in total. The van der Waals surface area contributed by atoms with E-state index in [-0.39, 0.29) is 5.56 Å². The van der Waals surface area contributed by atoms with Gasteiger partial charge in [-0.2, -0.15) is 5.10 Å². The molecule has 0 spiro atoms. The van der Waals surface area contributed by atoms with Crippen molar-refractivity contribution in [2.45, 2.75) is 38.6 Å². The fourth-order valence-electron chi connectivity index (χ4n) is 3.39. The number of carboxylic acids is 1. The van der Waals surface area contributed by atoms with Gasteiger partial charge in [-0.3, -0.25) is 4.68 Å². The van der Waals surface area contributed by atoms with Crippen LogP contribution in [0.3, 0.4) is 0 Å². The van der Waals surface area contributed by atoms with Gasteiger partial charge in [-0.05, 0) is 19.8 Å². The molecule has 6 heteroatoms. The SMILES string of the molecule is Cc1nn(C)c2ncc(C(=O)O)c(N(C)C3CCCC3)c12. The molecule has 6 nitrogen and oxygen atoms in total. The molecule has 0 aliphatic heterocycles. The molecule has 0 amide bonds. The molecule has 1 saturated carbocycles. The summed E-state index contributed by atoms with van der Waals surface area (Å²) in [6, 6.07) is 0.397. The lowest BCUT2D eigenvalue weighted by atomic mass is 10.1. The Morgan fingerprint density at radius 3 is 2.71 bits per heavy atom. The molecule has 1 fully saturated rings. The van der Waals surface area contributed by atoms with Gasteiger partial charge < -0.3 is 10.0 Å². The lowest BCUT2D eigenvalue weighted by Crippen LogP contribution is -2.30. The first-order valence-electron chi connectivity index (χ1n) is 7.29. The second kappa shape index (κ2) is 5.02. The van der Waals surface area contributed by atoms with Crippen LogP contribution in [0.1, 0.15) is 41.7 Å². The Morgan fingerprint density at radius 2 is 2.10 bits per heavy atom. The minimum Gasteiger partial charge on any atom is -0.478 e. The van der Waals surface area contributed by atoms with Crippen molar-refractivity contribution in [2.24, 2.45) is 7.05 Å². The van der Waals surface area contributed by atoms with E-state index in [1.807, 2.05) is 21.0 Å². The van der Waals surface area contributed by atoms with Crippen LogP contribution in [0.25, 0.3) is 11.0 Å². The van der Waals surface area contributed by atoms with E-state index >= 15 is 0 Å². The molecule has 2 aromatic rings. The van der Waals surface area contributed by atoms with Crippen molar-refractivity contribution in [1.82, 2.24) is 14.8 Å². The molecular weight excluding hydrogens is 268 g/mol. The summed E-state index contributed by atoms with van der Waals surface area (Å²) in [5, 5.41) is 14.8. The number of fused-ring (bicyclic) bond motifs is 1. The maximum absolute atomic E-state index is 11.6. The van der Waals surface area contributed by atoms with Crippen LogP contribution in [0.4, 0.5) is 5.69 Å². The van der Waals surface area contributed by atoms with Gasteiger partial charge in [0.05, 0.1) is 16.8 Å². The quantitative estimate of drug-likeness (QED) is 0.938. The van der Waals surface area contributed by atoms with Gasteiger partial charge in [-0.25, -0.2) is 9.78 Å². The van der Waals surface area contributed by atoms with E-state index in [0.29, 0.717) is 6.04 Å². The number of hydrogen-bond acceptors (Lipinski definition) is 4. The summed E-state index contributed by atoms with van der Waals surface area (Å²) in [6.07, 6.45) is 6.08. The highest BCUT2D eigenvalue weighted by Crippen LogP contribution is 2.35. The van der Waals surface area contributed by atoms with Crippen molar-refractivity contribution in [3.8, 4) is 0 Å². The fourth-order valence-corrected chi connectivity index (χ4v) is 3.39. The van der Waals surface area contributed by atoms with Crippen molar-refractivity contribution in [2.75, 3.05) is 11.9 Å². The summed E-state index contributed by atoms with van der Waals surface area (Å²) in [6.45, 7) is 1.90. The zero-order valence-electron chi connectivity index (χ0n) is 12.6. The lowest BCUT2D eigenvalue weighted by molar-refractivity contribution is 0.0697. The monoisotopic (exact) mass is 288 g/mol. The summed E-state index contributed by atoms with van der Waals surface area (Å²) in [5.41, 5.74) is 2.57. The summed E-state index contributed by atoms with van der Waals surface area (Å²) in [5.74, 6) is -0.937. The van der Waals surface area contributed by atoms with Crippen LogP contribution >= 0.6 is 0 Å². The van der Waals surface area contributed by atoms with Crippen LogP contribution in [0, 0.1) is 6.92 Å². The number of hydrogen-bond donors (Lipinski definition) is 1. The molecule has 0 atom stereocenters. The first kappa shape index (κ1) is 13.9. The van der Waals surface area contributed by atoms with E-state index in [1.165, 1.54) is 19.0 Å². The molecule has 2 aromatic heterocycles. The number of carbonyl (C=O) groups is 1. The van der Waals surface area contributed by atoms with Crippen molar-refractivity contribution in [3.05, 3.63) is 17.5 Å². The van der Waals surface area contributed by atoms with Crippen LogP contribution in [0.2, 0.25) is 0 Å². The molecule has 2 heterocycles. The summed E-state index contributed by atoms with van der Waals surface area (Å²) < 4.78 is 1.71. The first-order valence-corrected chi connectivity index (χ1v) is 7.29. The third-order valence-electron chi connectivity index (χ3n) is 4.46. The van der Waals surface area contributed by atoms with Gasteiger partial charge in [-0.1, -0.05) is 12.8 Å². The van der Waals surface area contributed by atoms with Crippen LogP contribution in [-0.4, -0.2) is 38.9 Å². The van der Waals surface area contributed by atoms with E-state index in [1.54, 1.807) is 4.68 Å². The third-order valence-corrected chi connectivity index (χ3v) is 4.46. The number of nitrogens with zero attached hydrogens (tertiary/aromatic N) is 4. The molecule has 21 heavy (non-hydrogen) atoms. The maximum atomic E-state index is 11.6. The average Bonchev–Trinajstić information content (AvgIpc) is 3.06. The van der Waals surface area contributed by atoms with Crippen LogP contribution in [0.15, 0.2) is 6.20 Å². The predicted octanol–water partition coefficient (Wildman–Crippen LogP) is 2.35. The highest BCUT2D eigenvalue weighted by molar-refractivity contribution is 6.04. The van der Waals surface area contributed by atoms with Crippen LogP contribution in [-0.2, 0) is 7.05 Å². The van der Waals surface area contributed by atoms with Gasteiger partial charge in [0, 0.05) is 26.3 Å². The second-order valence-electron chi connectivity index (χ2n) is 5.78. The summed E-state index contributed by atoms with van der Waals surface area (Å²) in [4.78, 5) is 18.0. The number of carboxylic acid groups (broad SMARTS) is 1. The molecule has 0 bridgehead atoms. The first-order chi connectivity index (χ1) is 10.0. The average molecular weight is 288 g/mol. The standard InChI is InChI=1S/C15H20N4O2/c1-9-12-13(18(2)10-6-4-5-7-10)11(15(20)21)8-16-14(12)19(3)17-9/h8,10H,4-7H2,1-3H3,(H,20,21). The van der Waals surface area contributed by atoms with Crippen molar-refractivity contribution in [3.63, 3.8) is 0 Å². The Morgan fingerprint density at radius 1 is 1.43 bits per heavy atom. The van der Waals surface area contributed by atoms with E-state index < -0.39 is 5.97 Å². The van der Waals surface area contributed by atoms with Gasteiger partial charge in [-0.15, -0.1) is 0 Å². The number of pyridine rings is 1. The number of aryl methyl sites for hydroxylation is 2. The topological polar surface area (TPSA) is 71.2 Å². The molecule has 0 radical (unpaired) electrons. The maximum Gasteiger partial charge on any atom is 0.339 e. The summed E-state index contributed by atoms with van der Waals surface area (Å²) in [7, 11) is 3.83. The van der Waals surface area contributed by atoms with Crippen molar-refractivity contribution < 1.29 is 9.90 Å². The Kier molecular flexibility index (Phi) is 3.31. The molecule has 3 rings (SSSR count). The molecule has 112 valence electrons. The highest BCUT2D eigenvalue weighted by Gasteiger charge is 2.27. The smallest absolute Gasteiger partial charge is 0.339 e. The fraction of sp³-hybridized carbons (Fsp3) is 0.533. The molecule has 0 aromatic carbocycles. The van der Waals surface area contributed by atoms with Crippen LogP contribution in [0.5, 0.6) is 0 Å². The number of aromatic nitrogens is 3. The number of aromatic carboxylic acids is 1.